The number of aromatic nitrogens is 3. The summed E-state index contributed by atoms with van der Waals surface area (Å²) in [5, 5.41) is 9.41. The van der Waals surface area contributed by atoms with Gasteiger partial charge >= 0.3 is 5.57 Å². The second-order valence-electron chi connectivity index (χ2n) is 1.51. The monoisotopic (exact) mass is 181 g/mol. The zero-order chi connectivity index (χ0) is 8.32. The molecule has 0 saturated carbocycles. The van der Waals surface area contributed by atoms with E-state index >= 15 is 0 Å². The van der Waals surface area contributed by atoms with Crippen molar-refractivity contribution in [2.24, 2.45) is 0 Å². The van der Waals surface area contributed by atoms with E-state index in [2.05, 4.69) is 31.7 Å². The lowest BCUT2D eigenvalue weighted by molar-refractivity contribution is -0.0997. The molecule has 60 valence electrons. The third-order valence-corrected chi connectivity index (χ3v) is 0.776. The van der Waals surface area contributed by atoms with Crippen LogP contribution in [0.3, 0.4) is 0 Å². The van der Waals surface area contributed by atoms with E-state index in [1.807, 2.05) is 0 Å². The summed E-state index contributed by atoms with van der Waals surface area (Å²) in [5.41, 5.74) is -3.75. The first kappa shape index (κ1) is 8.06. The lowest BCUT2D eigenvalue weighted by Crippen LogP contribution is -2.16. The molecule has 7 heteroatoms. The molecule has 0 aromatic carbocycles. The van der Waals surface area contributed by atoms with E-state index in [1.54, 1.807) is 0 Å². The Bertz CT molecular complexity index is 227. The molecule has 4 nitrogen and oxygen atoms in total. The largest absolute Gasteiger partial charge is 0.488 e. The van der Waals surface area contributed by atoms with E-state index in [0.717, 1.165) is 12.3 Å². The van der Waals surface area contributed by atoms with Crippen LogP contribution in [-0.4, -0.2) is 21.0 Å². The Balaban J connectivity index is 2.66. The van der Waals surface area contributed by atoms with Gasteiger partial charge in [0.1, 0.15) is 0 Å². The van der Waals surface area contributed by atoms with Gasteiger partial charge in [0.25, 0.3) is 0 Å². The van der Waals surface area contributed by atoms with Gasteiger partial charge in [-0.1, -0.05) is 5.10 Å². The molecule has 0 saturated heterocycles. The van der Waals surface area contributed by atoms with Gasteiger partial charge in [-0.15, -0.1) is 13.9 Å². The first-order valence-electron chi connectivity index (χ1n) is 2.48. The van der Waals surface area contributed by atoms with Crippen molar-refractivity contribution in [1.29, 1.82) is 0 Å². The Morgan fingerprint density at radius 3 is 2.73 bits per heavy atom. The van der Waals surface area contributed by atoms with Crippen molar-refractivity contribution in [1.82, 2.24) is 15.4 Å². The zero-order valence-corrected chi connectivity index (χ0v) is 5.79. The number of nitrogens with zero attached hydrogens (tertiary/aromatic N) is 3. The first-order chi connectivity index (χ1) is 5.08. The fourth-order valence-corrected chi connectivity index (χ4v) is 0.482. The SMILES string of the molecule is FC(F)(Cl)Oc1ccnnn1. The van der Waals surface area contributed by atoms with Gasteiger partial charge in [0.2, 0.25) is 5.88 Å². The Kier molecular flexibility index (Phi) is 2.13. The van der Waals surface area contributed by atoms with Crippen molar-refractivity contribution in [3.8, 4) is 5.88 Å². The molecule has 0 amide bonds. The first-order valence-corrected chi connectivity index (χ1v) is 2.86. The van der Waals surface area contributed by atoms with E-state index in [4.69, 9.17) is 0 Å². The van der Waals surface area contributed by atoms with E-state index in [1.165, 1.54) is 0 Å². The van der Waals surface area contributed by atoms with Crippen molar-refractivity contribution >= 4 is 11.6 Å². The Morgan fingerprint density at radius 1 is 1.55 bits per heavy atom. The van der Waals surface area contributed by atoms with Crippen LogP contribution >= 0.6 is 11.6 Å². The number of rotatable bonds is 2. The highest BCUT2D eigenvalue weighted by Gasteiger charge is 2.28. The second kappa shape index (κ2) is 2.91. The fraction of sp³-hybridized carbons (Fsp3) is 0.250. The maximum atomic E-state index is 11.9. The van der Waals surface area contributed by atoms with Crippen LogP contribution in [0.5, 0.6) is 5.88 Å². The van der Waals surface area contributed by atoms with Crippen LogP contribution in [0.2, 0.25) is 0 Å². The molecule has 1 rings (SSSR count). The minimum atomic E-state index is -3.75. The molecule has 0 spiro atoms. The molecule has 0 unspecified atom stereocenters. The molecule has 1 aromatic heterocycles. The molecule has 0 aliphatic heterocycles. The highest BCUT2D eigenvalue weighted by Crippen LogP contribution is 2.21. The summed E-state index contributed by atoms with van der Waals surface area (Å²) in [7, 11) is 0. The van der Waals surface area contributed by atoms with Gasteiger partial charge in [0, 0.05) is 17.7 Å². The molecule has 1 heterocycles. The van der Waals surface area contributed by atoms with Crippen molar-refractivity contribution < 1.29 is 13.5 Å². The smallest absolute Gasteiger partial charge is 0.400 e. The Morgan fingerprint density at radius 2 is 2.27 bits per heavy atom. The molecule has 0 aliphatic rings. The standard InChI is InChI=1S/C4H2ClF2N3O/c5-4(6,7)11-3-1-2-8-10-9-3/h1-2H. The van der Waals surface area contributed by atoms with Gasteiger partial charge in [0.15, 0.2) is 0 Å². The van der Waals surface area contributed by atoms with Crippen molar-refractivity contribution in [2.75, 3.05) is 0 Å². The van der Waals surface area contributed by atoms with Crippen LogP contribution < -0.4 is 4.74 Å². The van der Waals surface area contributed by atoms with Gasteiger partial charge in [-0.05, 0) is 5.21 Å². The van der Waals surface area contributed by atoms with Crippen LogP contribution in [0.4, 0.5) is 8.78 Å². The zero-order valence-electron chi connectivity index (χ0n) is 5.04. The molecule has 0 radical (unpaired) electrons. The van der Waals surface area contributed by atoms with Crippen LogP contribution in [0, 0.1) is 0 Å². The average Bonchev–Trinajstić information content (AvgIpc) is 1.85. The topological polar surface area (TPSA) is 47.9 Å². The number of hydrogen-bond donors (Lipinski definition) is 0. The maximum absolute atomic E-state index is 11.9. The quantitative estimate of drug-likeness (QED) is 0.640. The molecule has 0 bridgehead atoms. The van der Waals surface area contributed by atoms with E-state index in [0.29, 0.717) is 0 Å². The third-order valence-electron chi connectivity index (χ3n) is 0.699. The highest BCUT2D eigenvalue weighted by molar-refractivity contribution is 6.20. The molecule has 11 heavy (non-hydrogen) atoms. The highest BCUT2D eigenvalue weighted by atomic mass is 35.5. The normalized spacial score (nSPS) is 11.2. The third kappa shape index (κ3) is 3.03. The molecule has 0 atom stereocenters. The summed E-state index contributed by atoms with van der Waals surface area (Å²) >= 11 is 4.42. The number of ether oxygens (including phenoxy) is 1. The summed E-state index contributed by atoms with van der Waals surface area (Å²) in [5.74, 6) is -0.375. The van der Waals surface area contributed by atoms with Gasteiger partial charge in [-0.2, -0.15) is 0 Å². The number of halogens is 3. The van der Waals surface area contributed by atoms with E-state index in [9.17, 15) is 8.78 Å². The number of hydrogen-bond acceptors (Lipinski definition) is 4. The van der Waals surface area contributed by atoms with Crippen LogP contribution in [0.1, 0.15) is 0 Å². The van der Waals surface area contributed by atoms with Crippen LogP contribution in [0.25, 0.3) is 0 Å². The predicted octanol–water partition coefficient (Wildman–Crippen LogP) is 1.04. The van der Waals surface area contributed by atoms with Crippen molar-refractivity contribution in [2.45, 2.75) is 5.57 Å². The lowest BCUT2D eigenvalue weighted by Gasteiger charge is -2.06. The van der Waals surface area contributed by atoms with Gasteiger partial charge < -0.3 is 4.74 Å². The Hall–Kier alpha value is -1.04. The predicted molar refractivity (Wildman–Crippen MR) is 31.3 cm³/mol. The summed E-state index contributed by atoms with van der Waals surface area (Å²) in [6.07, 6.45) is 1.16. The van der Waals surface area contributed by atoms with Gasteiger partial charge in [-0.3, -0.25) is 0 Å². The summed E-state index contributed by atoms with van der Waals surface area (Å²) < 4.78 is 27.5. The van der Waals surface area contributed by atoms with E-state index < -0.39 is 5.57 Å². The number of alkyl halides is 3. The minimum absolute atomic E-state index is 0.375. The minimum Gasteiger partial charge on any atom is -0.400 e. The molecule has 0 N–H and O–H groups in total. The maximum Gasteiger partial charge on any atom is 0.488 e. The fourth-order valence-electron chi connectivity index (χ4n) is 0.403. The van der Waals surface area contributed by atoms with Crippen LogP contribution in [0.15, 0.2) is 12.3 Å². The average molecular weight is 182 g/mol. The van der Waals surface area contributed by atoms with Crippen molar-refractivity contribution in [3.05, 3.63) is 12.3 Å². The molecule has 1 aromatic rings. The van der Waals surface area contributed by atoms with Crippen molar-refractivity contribution in [3.63, 3.8) is 0 Å². The molecular weight excluding hydrogens is 180 g/mol. The lowest BCUT2D eigenvalue weighted by atomic mass is 10.7. The van der Waals surface area contributed by atoms with Gasteiger partial charge in [-0.25, -0.2) is 0 Å². The van der Waals surface area contributed by atoms with Crippen LogP contribution in [-0.2, 0) is 0 Å². The second-order valence-corrected chi connectivity index (χ2v) is 1.95. The van der Waals surface area contributed by atoms with Gasteiger partial charge in [0.05, 0.1) is 6.20 Å². The summed E-state index contributed by atoms with van der Waals surface area (Å²) in [4.78, 5) is 0. The summed E-state index contributed by atoms with van der Waals surface area (Å²) in [6.45, 7) is 0. The van der Waals surface area contributed by atoms with E-state index in [-0.39, 0.29) is 5.88 Å². The summed E-state index contributed by atoms with van der Waals surface area (Å²) in [6, 6.07) is 1.11. The molecular formula is C4H2ClF2N3O. The Labute approximate surface area is 65.1 Å². The molecule has 0 aliphatic carbocycles. The molecule has 0 fully saturated rings.